The van der Waals surface area contributed by atoms with E-state index in [1.165, 1.54) is 29.5 Å². The van der Waals surface area contributed by atoms with E-state index in [9.17, 15) is 14.9 Å². The number of fused-ring (bicyclic) bond motifs is 1. The molecule has 0 bridgehead atoms. The number of halogens is 1. The minimum atomic E-state index is -0.673. The molecule has 1 amide bonds. The Morgan fingerprint density at radius 3 is 2.96 bits per heavy atom. The lowest BCUT2D eigenvalue weighted by Gasteiger charge is -2.17. The second-order valence-corrected chi connectivity index (χ2v) is 8.04. The highest BCUT2D eigenvalue weighted by molar-refractivity contribution is 7.16. The van der Waals surface area contributed by atoms with Crippen LogP contribution in [-0.4, -0.2) is 18.5 Å². The third kappa shape index (κ3) is 4.24. The fourth-order valence-electron chi connectivity index (χ4n) is 3.00. The van der Waals surface area contributed by atoms with Crippen molar-refractivity contribution < 1.29 is 14.3 Å². The Balaban J connectivity index is 1.64. The molecule has 0 unspecified atom stereocenters. The lowest BCUT2D eigenvalue weighted by molar-refractivity contribution is -0.119. The number of nitriles is 1. The molecule has 1 aliphatic carbocycles. The molecule has 140 valence electrons. The molecule has 0 spiro atoms. The number of carbonyl (C=O) groups excluding carboxylic acids is 2. The van der Waals surface area contributed by atoms with Crippen molar-refractivity contribution >= 4 is 45.5 Å². The predicted molar refractivity (Wildman–Crippen MR) is 105 cm³/mol. The van der Waals surface area contributed by atoms with E-state index in [0.29, 0.717) is 21.5 Å². The fourth-order valence-corrected chi connectivity index (χ4v) is 4.50. The number of benzene rings is 1. The molecule has 3 N–H and O–H groups in total. The van der Waals surface area contributed by atoms with Crippen LogP contribution in [0.4, 0.5) is 10.7 Å². The van der Waals surface area contributed by atoms with Crippen molar-refractivity contribution in [2.45, 2.75) is 26.2 Å². The van der Waals surface area contributed by atoms with Crippen molar-refractivity contribution in [1.82, 2.24) is 0 Å². The Morgan fingerprint density at radius 1 is 1.48 bits per heavy atom. The fraction of sp³-hybridized carbons (Fsp3) is 0.316. The number of hydrogen-bond acceptors (Lipinski definition) is 6. The summed E-state index contributed by atoms with van der Waals surface area (Å²) in [6.07, 6.45) is 2.80. The van der Waals surface area contributed by atoms with Crippen LogP contribution >= 0.6 is 22.9 Å². The maximum absolute atomic E-state index is 12.2. The van der Waals surface area contributed by atoms with Crippen LogP contribution in [0.5, 0.6) is 0 Å². The third-order valence-electron chi connectivity index (χ3n) is 4.44. The average Bonchev–Trinajstić information content (AvgIpc) is 2.97. The summed E-state index contributed by atoms with van der Waals surface area (Å²) < 4.78 is 5.02. The minimum absolute atomic E-state index is 0.211. The Labute approximate surface area is 165 Å². The number of nitrogen functional groups attached to an aromatic ring is 1. The molecule has 0 radical (unpaired) electrons. The molecule has 1 aliphatic rings. The molecule has 8 heteroatoms. The highest BCUT2D eigenvalue weighted by Crippen LogP contribution is 2.39. The van der Waals surface area contributed by atoms with Crippen molar-refractivity contribution in [2.24, 2.45) is 5.92 Å². The highest BCUT2D eigenvalue weighted by Gasteiger charge is 2.24. The second-order valence-electron chi connectivity index (χ2n) is 6.53. The van der Waals surface area contributed by atoms with E-state index in [1.54, 1.807) is 0 Å². The van der Waals surface area contributed by atoms with Gasteiger partial charge in [-0.15, -0.1) is 11.3 Å². The van der Waals surface area contributed by atoms with Crippen LogP contribution in [0.3, 0.4) is 0 Å². The van der Waals surface area contributed by atoms with E-state index in [1.807, 2.05) is 0 Å². The van der Waals surface area contributed by atoms with Gasteiger partial charge in [-0.2, -0.15) is 5.26 Å². The number of esters is 1. The molecule has 1 aromatic carbocycles. The molecule has 1 heterocycles. The van der Waals surface area contributed by atoms with Crippen molar-refractivity contribution in [2.75, 3.05) is 17.7 Å². The van der Waals surface area contributed by atoms with Gasteiger partial charge in [0, 0.05) is 4.88 Å². The molecule has 1 atom stereocenters. The predicted octanol–water partition coefficient (Wildman–Crippen LogP) is 3.78. The second kappa shape index (κ2) is 7.99. The van der Waals surface area contributed by atoms with E-state index < -0.39 is 18.5 Å². The molecule has 2 aromatic rings. The summed E-state index contributed by atoms with van der Waals surface area (Å²) in [5, 5.41) is 13.0. The van der Waals surface area contributed by atoms with Gasteiger partial charge in [-0.1, -0.05) is 18.5 Å². The number of carbonyl (C=O) groups is 2. The number of thiophene rings is 1. The first kappa shape index (κ1) is 19.2. The van der Waals surface area contributed by atoms with Crippen LogP contribution in [0, 0.1) is 17.2 Å². The van der Waals surface area contributed by atoms with Gasteiger partial charge in [-0.25, -0.2) is 4.79 Å². The zero-order valence-electron chi connectivity index (χ0n) is 14.7. The maximum atomic E-state index is 12.2. The number of nitrogens with one attached hydrogen (secondary N) is 1. The van der Waals surface area contributed by atoms with Gasteiger partial charge in [0.15, 0.2) is 6.61 Å². The van der Waals surface area contributed by atoms with E-state index in [4.69, 9.17) is 22.1 Å². The molecular formula is C19H18ClN3O3S. The first-order chi connectivity index (χ1) is 12.9. The normalized spacial score (nSPS) is 15.5. The SMILES string of the molecule is C[C@H]1CCc2c(sc(NC(=O)COC(=O)c3ccc(Cl)c(N)c3)c2C#N)C1. The Hall–Kier alpha value is -2.56. The average molecular weight is 404 g/mol. The number of rotatable bonds is 4. The van der Waals surface area contributed by atoms with Crippen molar-refractivity contribution in [1.29, 1.82) is 5.26 Å². The highest BCUT2D eigenvalue weighted by atomic mass is 35.5. The van der Waals surface area contributed by atoms with Gasteiger partial charge in [0.05, 0.1) is 21.8 Å². The molecular weight excluding hydrogens is 386 g/mol. The summed E-state index contributed by atoms with van der Waals surface area (Å²) >= 11 is 7.24. The Bertz CT molecular complexity index is 948. The van der Waals surface area contributed by atoms with Crippen LogP contribution in [-0.2, 0) is 22.4 Å². The number of anilines is 2. The molecule has 0 aliphatic heterocycles. The molecule has 1 aromatic heterocycles. The van der Waals surface area contributed by atoms with E-state index in [2.05, 4.69) is 18.3 Å². The smallest absolute Gasteiger partial charge is 0.338 e. The Kier molecular flexibility index (Phi) is 5.68. The standard InChI is InChI=1S/C19H18ClN3O3S/c1-10-2-4-12-13(8-21)18(27-16(12)6-10)23-17(24)9-26-19(25)11-3-5-14(20)15(22)7-11/h3,5,7,10H,2,4,6,9,22H2,1H3,(H,23,24)/t10-/m0/s1. The number of nitrogens with two attached hydrogens (primary N) is 1. The summed E-state index contributed by atoms with van der Waals surface area (Å²) in [6.45, 7) is 1.72. The maximum Gasteiger partial charge on any atom is 0.338 e. The van der Waals surface area contributed by atoms with Gasteiger partial charge < -0.3 is 15.8 Å². The molecule has 6 nitrogen and oxygen atoms in total. The van der Waals surface area contributed by atoms with E-state index in [-0.39, 0.29) is 11.3 Å². The Morgan fingerprint density at radius 2 is 2.26 bits per heavy atom. The van der Waals surface area contributed by atoms with Crippen LogP contribution in [0.1, 0.15) is 39.7 Å². The lowest BCUT2D eigenvalue weighted by Crippen LogP contribution is -2.21. The lowest BCUT2D eigenvalue weighted by atomic mass is 9.89. The number of ether oxygens (including phenoxy) is 1. The molecule has 27 heavy (non-hydrogen) atoms. The van der Waals surface area contributed by atoms with Gasteiger partial charge >= 0.3 is 5.97 Å². The molecule has 0 saturated heterocycles. The van der Waals surface area contributed by atoms with Crippen LogP contribution in [0.25, 0.3) is 0 Å². The van der Waals surface area contributed by atoms with E-state index in [0.717, 1.165) is 29.7 Å². The largest absolute Gasteiger partial charge is 0.452 e. The van der Waals surface area contributed by atoms with E-state index >= 15 is 0 Å². The van der Waals surface area contributed by atoms with Gasteiger partial charge in [-0.05, 0) is 48.9 Å². The molecule has 3 rings (SSSR count). The quantitative estimate of drug-likeness (QED) is 0.597. The van der Waals surface area contributed by atoms with Crippen molar-refractivity contribution in [3.63, 3.8) is 0 Å². The van der Waals surface area contributed by atoms with Crippen LogP contribution in [0.15, 0.2) is 18.2 Å². The van der Waals surface area contributed by atoms with Gasteiger partial charge in [0.2, 0.25) is 0 Å². The topological polar surface area (TPSA) is 105 Å². The van der Waals surface area contributed by atoms with Crippen LogP contribution < -0.4 is 11.1 Å². The number of amides is 1. The summed E-state index contributed by atoms with van der Waals surface area (Å²) in [5.74, 6) is -0.597. The molecule has 0 fully saturated rings. The van der Waals surface area contributed by atoms with Crippen molar-refractivity contribution in [3.8, 4) is 6.07 Å². The zero-order chi connectivity index (χ0) is 19.6. The first-order valence-electron chi connectivity index (χ1n) is 8.45. The van der Waals surface area contributed by atoms with Crippen molar-refractivity contribution in [3.05, 3.63) is 44.8 Å². The van der Waals surface area contributed by atoms with Gasteiger partial charge in [0.25, 0.3) is 5.91 Å². The summed E-state index contributed by atoms with van der Waals surface area (Å²) in [4.78, 5) is 25.4. The first-order valence-corrected chi connectivity index (χ1v) is 9.65. The summed E-state index contributed by atoms with van der Waals surface area (Å²) in [6, 6.07) is 6.54. The summed E-state index contributed by atoms with van der Waals surface area (Å²) in [5.41, 5.74) is 7.68. The minimum Gasteiger partial charge on any atom is -0.452 e. The summed E-state index contributed by atoms with van der Waals surface area (Å²) in [7, 11) is 0. The molecule has 0 saturated carbocycles. The van der Waals surface area contributed by atoms with Crippen LogP contribution in [0.2, 0.25) is 5.02 Å². The number of nitrogens with zero attached hydrogens (tertiary/aromatic N) is 1. The van der Waals surface area contributed by atoms with Gasteiger partial charge in [-0.3, -0.25) is 4.79 Å². The van der Waals surface area contributed by atoms with Gasteiger partial charge in [0.1, 0.15) is 11.1 Å². The number of hydrogen-bond donors (Lipinski definition) is 2. The monoisotopic (exact) mass is 403 g/mol. The zero-order valence-corrected chi connectivity index (χ0v) is 16.2. The third-order valence-corrected chi connectivity index (χ3v) is 5.96.